The fourth-order valence-electron chi connectivity index (χ4n) is 1.25. The number of hydrogen-bond donors (Lipinski definition) is 0. The molecule has 0 saturated heterocycles. The maximum absolute atomic E-state index is 3.31. The van der Waals surface area contributed by atoms with Gasteiger partial charge in [0.2, 0.25) is 0 Å². The van der Waals surface area contributed by atoms with Crippen LogP contribution in [0.4, 0.5) is 0 Å². The molecule has 0 aromatic heterocycles. The van der Waals surface area contributed by atoms with E-state index in [-0.39, 0.29) is 0 Å². The number of benzene rings is 2. The Kier molecular flexibility index (Phi) is 17.1. The van der Waals surface area contributed by atoms with Gasteiger partial charge in [0, 0.05) is 4.47 Å². The summed E-state index contributed by atoms with van der Waals surface area (Å²) in [5, 5.41) is 0. The van der Waals surface area contributed by atoms with Gasteiger partial charge in [0.05, 0.1) is 0 Å². The molecule has 0 aliphatic carbocycles. The summed E-state index contributed by atoms with van der Waals surface area (Å²) in [5.74, 6) is 0. The van der Waals surface area contributed by atoms with Gasteiger partial charge in [-0.25, -0.2) is 0 Å². The monoisotopic (exact) mass is 334 g/mol. The molecule has 20 heavy (non-hydrogen) atoms. The summed E-state index contributed by atoms with van der Waals surface area (Å²) in [7, 11) is 0. The van der Waals surface area contributed by atoms with Crippen molar-refractivity contribution in [3.8, 4) is 0 Å². The maximum atomic E-state index is 3.31. The van der Waals surface area contributed by atoms with Crippen LogP contribution in [0.2, 0.25) is 13.6 Å². The maximum Gasteiger partial charge on any atom is 0.169 e. The minimum absolute atomic E-state index is 0.659. The van der Waals surface area contributed by atoms with Crippen LogP contribution in [0.3, 0.4) is 0 Å². The van der Waals surface area contributed by atoms with Crippen molar-refractivity contribution in [2.75, 3.05) is 0 Å². The van der Waals surface area contributed by atoms with Crippen LogP contribution in [0, 0.1) is 0 Å². The van der Waals surface area contributed by atoms with Gasteiger partial charge < -0.3 is 0 Å². The predicted molar refractivity (Wildman–Crippen MR) is 100 cm³/mol. The number of hydrogen-bond acceptors (Lipinski definition) is 0. The smallest absolute Gasteiger partial charge is 0.0819 e. The van der Waals surface area contributed by atoms with Gasteiger partial charge in [-0.15, -0.1) is 0 Å². The van der Waals surface area contributed by atoms with Gasteiger partial charge in [0.1, 0.15) is 0 Å². The third-order valence-corrected chi connectivity index (χ3v) is 2.73. The summed E-state index contributed by atoms with van der Waals surface area (Å²) in [6.07, 6.45) is 0. The van der Waals surface area contributed by atoms with E-state index < -0.39 is 0 Å². The third kappa shape index (κ3) is 12.0. The first-order valence-corrected chi connectivity index (χ1v) is 8.25. The highest BCUT2D eigenvalue weighted by molar-refractivity contribution is 9.10. The first kappa shape index (κ1) is 21.3. The van der Waals surface area contributed by atoms with E-state index in [1.165, 1.54) is 5.46 Å². The van der Waals surface area contributed by atoms with Crippen molar-refractivity contribution >= 4 is 28.1 Å². The summed E-state index contributed by atoms with van der Waals surface area (Å²) in [6, 6.07) is 20.5. The molecular weight excluding hydrogens is 307 g/mol. The van der Waals surface area contributed by atoms with Crippen LogP contribution < -0.4 is 5.46 Å². The van der Waals surface area contributed by atoms with Crippen molar-refractivity contribution in [3.63, 3.8) is 0 Å². The third-order valence-electron chi connectivity index (χ3n) is 2.20. The molecule has 2 aromatic carbocycles. The molecule has 0 bridgehead atoms. The van der Waals surface area contributed by atoms with E-state index in [4.69, 9.17) is 0 Å². The molecule has 0 unspecified atom stereocenters. The van der Waals surface area contributed by atoms with Gasteiger partial charge in [0.15, 0.2) is 6.71 Å². The Bertz CT molecular complexity index is 385. The molecule has 0 atom stereocenters. The molecule has 0 aliphatic rings. The van der Waals surface area contributed by atoms with Gasteiger partial charge in [-0.3, -0.25) is 0 Å². The topological polar surface area (TPSA) is 0 Å². The van der Waals surface area contributed by atoms with Crippen LogP contribution in [0.25, 0.3) is 0 Å². The SMILES string of the molecule is Brc1ccccc1.CB(C)c1ccccc1.CC.CC. The van der Waals surface area contributed by atoms with Crippen LogP contribution in [0.5, 0.6) is 0 Å². The lowest BCUT2D eigenvalue weighted by atomic mass is 9.49. The standard InChI is InChI=1S/C8H11B.C6H5Br.2C2H6/c1-9(2)8-6-4-3-5-7-8;7-6-4-2-1-3-5-6;2*1-2/h3-7H,1-2H3;1-5H;2*1-2H3. The van der Waals surface area contributed by atoms with Gasteiger partial charge in [-0.1, -0.05) is 111 Å². The van der Waals surface area contributed by atoms with E-state index in [1.54, 1.807) is 0 Å². The second-order valence-corrected chi connectivity index (χ2v) is 4.78. The van der Waals surface area contributed by atoms with E-state index >= 15 is 0 Å². The van der Waals surface area contributed by atoms with Crippen molar-refractivity contribution in [1.29, 1.82) is 0 Å². The highest BCUT2D eigenvalue weighted by Crippen LogP contribution is 2.05. The van der Waals surface area contributed by atoms with Crippen LogP contribution in [-0.2, 0) is 0 Å². The second kappa shape index (κ2) is 16.0. The summed E-state index contributed by atoms with van der Waals surface area (Å²) < 4.78 is 1.13. The lowest BCUT2D eigenvalue weighted by Crippen LogP contribution is -2.21. The average molecular weight is 335 g/mol. The lowest BCUT2D eigenvalue weighted by Gasteiger charge is -1.98. The largest absolute Gasteiger partial charge is 0.169 e. The Morgan fingerprint density at radius 1 is 0.650 bits per heavy atom. The Morgan fingerprint density at radius 3 is 1.20 bits per heavy atom. The molecule has 0 spiro atoms. The summed E-state index contributed by atoms with van der Waals surface area (Å²) in [6.45, 7) is 13.1. The lowest BCUT2D eigenvalue weighted by molar-refractivity contribution is 1.50. The van der Waals surface area contributed by atoms with Crippen molar-refractivity contribution < 1.29 is 0 Å². The van der Waals surface area contributed by atoms with E-state index in [9.17, 15) is 0 Å². The molecule has 0 fully saturated rings. The van der Waals surface area contributed by atoms with Gasteiger partial charge in [-0.2, -0.15) is 0 Å². The molecule has 2 rings (SSSR count). The number of rotatable bonds is 1. The second-order valence-electron chi connectivity index (χ2n) is 3.86. The van der Waals surface area contributed by atoms with Crippen molar-refractivity contribution in [2.24, 2.45) is 0 Å². The molecule has 0 saturated carbocycles. The van der Waals surface area contributed by atoms with Crippen LogP contribution in [0.15, 0.2) is 65.1 Å². The highest BCUT2D eigenvalue weighted by atomic mass is 79.9. The number of halogens is 1. The molecule has 0 amide bonds. The molecular formula is C18H28BBr. The molecule has 0 aliphatic heterocycles. The summed E-state index contributed by atoms with van der Waals surface area (Å²) in [4.78, 5) is 0. The van der Waals surface area contributed by atoms with Gasteiger partial charge in [0.25, 0.3) is 0 Å². The molecule has 2 heteroatoms. The van der Waals surface area contributed by atoms with Gasteiger partial charge in [-0.05, 0) is 12.1 Å². The van der Waals surface area contributed by atoms with Crippen molar-refractivity contribution in [2.45, 2.75) is 41.3 Å². The zero-order chi connectivity index (χ0) is 15.8. The highest BCUT2D eigenvalue weighted by Gasteiger charge is 1.98. The molecule has 0 nitrogen and oxygen atoms in total. The molecule has 0 N–H and O–H groups in total. The fraction of sp³-hybridized carbons (Fsp3) is 0.333. The van der Waals surface area contributed by atoms with Crippen molar-refractivity contribution in [3.05, 3.63) is 65.1 Å². The van der Waals surface area contributed by atoms with E-state index in [0.29, 0.717) is 6.71 Å². The van der Waals surface area contributed by atoms with Crippen LogP contribution in [0.1, 0.15) is 27.7 Å². The molecule has 0 radical (unpaired) electrons. The molecule has 0 heterocycles. The Morgan fingerprint density at radius 2 is 1.00 bits per heavy atom. The van der Waals surface area contributed by atoms with E-state index in [1.807, 2.05) is 64.1 Å². The zero-order valence-electron chi connectivity index (χ0n) is 13.7. The Labute approximate surface area is 134 Å². The molecule has 2 aromatic rings. The minimum Gasteiger partial charge on any atom is -0.0819 e. The fourth-order valence-corrected chi connectivity index (χ4v) is 1.56. The zero-order valence-corrected chi connectivity index (χ0v) is 15.3. The predicted octanol–water partition coefficient (Wildman–Crippen LogP) is 6.15. The van der Waals surface area contributed by atoms with Gasteiger partial charge >= 0.3 is 0 Å². The van der Waals surface area contributed by atoms with Crippen molar-refractivity contribution in [1.82, 2.24) is 0 Å². The Hall–Kier alpha value is -1.02. The van der Waals surface area contributed by atoms with E-state index in [2.05, 4.69) is 53.8 Å². The average Bonchev–Trinajstić information content (AvgIpc) is 2.53. The van der Waals surface area contributed by atoms with Crippen LogP contribution in [-0.4, -0.2) is 6.71 Å². The summed E-state index contributed by atoms with van der Waals surface area (Å²) >= 11 is 3.31. The normalized spacial score (nSPS) is 7.75. The van der Waals surface area contributed by atoms with E-state index in [0.717, 1.165) is 4.47 Å². The van der Waals surface area contributed by atoms with Crippen LogP contribution >= 0.6 is 15.9 Å². The first-order valence-electron chi connectivity index (χ1n) is 7.45. The minimum atomic E-state index is 0.659. The summed E-state index contributed by atoms with van der Waals surface area (Å²) in [5.41, 5.74) is 1.41. The Balaban J connectivity index is 0. The quantitative estimate of drug-likeness (QED) is 0.548. The molecule has 110 valence electrons. The first-order chi connectivity index (χ1) is 9.70.